The maximum atomic E-state index is 13.2. The van der Waals surface area contributed by atoms with Gasteiger partial charge in [0.1, 0.15) is 5.37 Å². The second-order valence-corrected chi connectivity index (χ2v) is 10.7. The van der Waals surface area contributed by atoms with E-state index in [2.05, 4.69) is 49.1 Å². The Hall–Kier alpha value is -3.25. The number of anilines is 1. The predicted octanol–water partition coefficient (Wildman–Crippen LogP) is 5.08. The Kier molecular flexibility index (Phi) is 7.33. The number of hydrogen-bond acceptors (Lipinski definition) is 4. The van der Waals surface area contributed by atoms with Crippen LogP contribution in [-0.4, -0.2) is 60.1 Å². The van der Waals surface area contributed by atoms with E-state index in [0.717, 1.165) is 25.1 Å². The molecule has 2 fully saturated rings. The van der Waals surface area contributed by atoms with E-state index in [1.165, 1.54) is 22.4 Å². The fourth-order valence-corrected chi connectivity index (χ4v) is 6.29. The second kappa shape index (κ2) is 10.8. The summed E-state index contributed by atoms with van der Waals surface area (Å²) in [6.45, 7) is 8.12. The highest BCUT2D eigenvalue weighted by Gasteiger charge is 2.32. The second-order valence-electron chi connectivity index (χ2n) is 9.61. The van der Waals surface area contributed by atoms with Crippen molar-refractivity contribution in [3.05, 3.63) is 101 Å². The molecule has 0 spiro atoms. The molecule has 5 nitrogen and oxygen atoms in total. The third kappa shape index (κ3) is 5.14. The third-order valence-electron chi connectivity index (χ3n) is 7.38. The number of hydrogen-bond donors (Lipinski definition) is 0. The van der Waals surface area contributed by atoms with Gasteiger partial charge in [0.2, 0.25) is 5.91 Å². The van der Waals surface area contributed by atoms with Crippen molar-refractivity contribution in [1.29, 1.82) is 0 Å². The molecule has 0 bridgehead atoms. The van der Waals surface area contributed by atoms with Crippen LogP contribution in [-0.2, 0) is 11.2 Å². The molecular weight excluding hydrogens is 466 g/mol. The molecule has 2 amide bonds. The molecule has 0 aliphatic carbocycles. The minimum Gasteiger partial charge on any atom is -0.368 e. The summed E-state index contributed by atoms with van der Waals surface area (Å²) in [4.78, 5) is 32.1. The minimum atomic E-state index is 0.00600. The van der Waals surface area contributed by atoms with E-state index in [1.807, 2.05) is 52.3 Å². The van der Waals surface area contributed by atoms with E-state index >= 15 is 0 Å². The molecular formula is C30H33N3O2S. The summed E-state index contributed by atoms with van der Waals surface area (Å²) < 4.78 is 0. The number of nitrogens with zero attached hydrogens (tertiary/aromatic N) is 3. The van der Waals surface area contributed by atoms with Crippen molar-refractivity contribution in [2.24, 2.45) is 0 Å². The van der Waals surface area contributed by atoms with Crippen LogP contribution in [0.15, 0.2) is 72.8 Å². The van der Waals surface area contributed by atoms with E-state index in [4.69, 9.17) is 0 Å². The van der Waals surface area contributed by atoms with Gasteiger partial charge in [0.25, 0.3) is 5.91 Å². The summed E-state index contributed by atoms with van der Waals surface area (Å²) in [5.41, 5.74) is 6.91. The van der Waals surface area contributed by atoms with E-state index < -0.39 is 0 Å². The Labute approximate surface area is 218 Å². The smallest absolute Gasteiger partial charge is 0.253 e. The topological polar surface area (TPSA) is 43.9 Å². The summed E-state index contributed by atoms with van der Waals surface area (Å²) in [6.07, 6.45) is 0.842. The Morgan fingerprint density at radius 3 is 2.33 bits per heavy atom. The normalized spacial score (nSPS) is 18.1. The van der Waals surface area contributed by atoms with Crippen molar-refractivity contribution >= 4 is 29.3 Å². The summed E-state index contributed by atoms with van der Waals surface area (Å²) >= 11 is 1.66. The first-order valence-corrected chi connectivity index (χ1v) is 13.7. The number of aryl methyl sites for hydroxylation is 1. The van der Waals surface area contributed by atoms with E-state index in [1.54, 1.807) is 11.8 Å². The lowest BCUT2D eigenvalue weighted by Gasteiger charge is -2.37. The van der Waals surface area contributed by atoms with Gasteiger partial charge in [0, 0.05) is 44.0 Å². The lowest BCUT2D eigenvalue weighted by molar-refractivity contribution is -0.128. The molecule has 5 rings (SSSR count). The van der Waals surface area contributed by atoms with Crippen LogP contribution in [0.2, 0.25) is 0 Å². The Balaban J connectivity index is 1.20. The number of carbonyl (C=O) groups excluding carboxylic acids is 2. The van der Waals surface area contributed by atoms with Crippen molar-refractivity contribution in [2.45, 2.75) is 25.6 Å². The number of amides is 2. The van der Waals surface area contributed by atoms with Crippen LogP contribution in [0.4, 0.5) is 5.69 Å². The van der Waals surface area contributed by atoms with Gasteiger partial charge in [0.05, 0.1) is 5.75 Å². The average molecular weight is 500 g/mol. The van der Waals surface area contributed by atoms with Crippen LogP contribution in [0.25, 0.3) is 0 Å². The van der Waals surface area contributed by atoms with Gasteiger partial charge >= 0.3 is 0 Å². The summed E-state index contributed by atoms with van der Waals surface area (Å²) in [7, 11) is 0. The number of carbonyl (C=O) groups is 2. The van der Waals surface area contributed by atoms with Crippen molar-refractivity contribution < 1.29 is 9.59 Å². The largest absolute Gasteiger partial charge is 0.368 e. The van der Waals surface area contributed by atoms with E-state index in [-0.39, 0.29) is 17.2 Å². The molecule has 2 aliphatic heterocycles. The fourth-order valence-electron chi connectivity index (χ4n) is 5.07. The molecule has 0 aromatic heterocycles. The van der Waals surface area contributed by atoms with Gasteiger partial charge in [0.15, 0.2) is 0 Å². The minimum absolute atomic E-state index is 0.00600. The van der Waals surface area contributed by atoms with Crippen LogP contribution < -0.4 is 4.90 Å². The molecule has 2 aliphatic rings. The summed E-state index contributed by atoms with van der Waals surface area (Å²) in [6, 6.07) is 24.6. The van der Waals surface area contributed by atoms with Gasteiger partial charge in [-0.25, -0.2) is 0 Å². The fraction of sp³-hybridized carbons (Fsp3) is 0.333. The Morgan fingerprint density at radius 1 is 0.889 bits per heavy atom. The number of thioether (sulfide) groups is 1. The van der Waals surface area contributed by atoms with Gasteiger partial charge in [-0.3, -0.25) is 9.59 Å². The Morgan fingerprint density at radius 2 is 1.61 bits per heavy atom. The van der Waals surface area contributed by atoms with Crippen LogP contribution in [0.3, 0.4) is 0 Å². The first kappa shape index (κ1) is 24.4. The first-order valence-electron chi connectivity index (χ1n) is 12.7. The lowest BCUT2D eigenvalue weighted by atomic mass is 10.1. The molecule has 3 aromatic carbocycles. The maximum absolute atomic E-state index is 13.2. The number of benzene rings is 3. The summed E-state index contributed by atoms with van der Waals surface area (Å²) in [5, 5.41) is 0.00600. The molecule has 6 heteroatoms. The molecule has 2 saturated heterocycles. The van der Waals surface area contributed by atoms with Crippen molar-refractivity contribution in [2.75, 3.05) is 43.4 Å². The Bertz CT molecular complexity index is 1220. The molecule has 186 valence electrons. The van der Waals surface area contributed by atoms with Gasteiger partial charge in [-0.2, -0.15) is 0 Å². The van der Waals surface area contributed by atoms with Gasteiger partial charge in [-0.15, -0.1) is 11.8 Å². The SMILES string of the molecule is Cc1cccc(N2CCN(C(=O)c3ccc([C@H]4SCC(=O)N4CCc4ccccc4)cc3)CC2)c1C. The van der Waals surface area contributed by atoms with Crippen LogP contribution in [0.5, 0.6) is 0 Å². The predicted molar refractivity (Wildman–Crippen MR) is 148 cm³/mol. The van der Waals surface area contributed by atoms with Gasteiger partial charge < -0.3 is 14.7 Å². The number of piperazine rings is 1. The molecule has 2 heterocycles. The third-order valence-corrected chi connectivity index (χ3v) is 8.63. The van der Waals surface area contributed by atoms with Crippen molar-refractivity contribution in [3.63, 3.8) is 0 Å². The first-order chi connectivity index (χ1) is 17.5. The highest BCUT2D eigenvalue weighted by atomic mass is 32.2. The van der Waals surface area contributed by atoms with E-state index in [9.17, 15) is 9.59 Å². The molecule has 0 saturated carbocycles. The highest BCUT2D eigenvalue weighted by Crippen LogP contribution is 2.38. The van der Waals surface area contributed by atoms with Crippen LogP contribution in [0, 0.1) is 13.8 Å². The van der Waals surface area contributed by atoms with Gasteiger partial charge in [-0.05, 0) is 60.7 Å². The average Bonchev–Trinajstić information content (AvgIpc) is 3.29. The molecule has 3 aromatic rings. The summed E-state index contributed by atoms with van der Waals surface area (Å²) in [5.74, 6) is 0.770. The van der Waals surface area contributed by atoms with Crippen LogP contribution >= 0.6 is 11.8 Å². The zero-order valence-corrected chi connectivity index (χ0v) is 21.8. The molecule has 0 radical (unpaired) electrons. The molecule has 0 N–H and O–H groups in total. The van der Waals surface area contributed by atoms with Crippen molar-refractivity contribution in [3.8, 4) is 0 Å². The highest BCUT2D eigenvalue weighted by molar-refractivity contribution is 8.00. The number of rotatable bonds is 6. The monoisotopic (exact) mass is 499 g/mol. The van der Waals surface area contributed by atoms with Gasteiger partial charge in [-0.1, -0.05) is 54.6 Å². The molecule has 1 atom stereocenters. The van der Waals surface area contributed by atoms with E-state index in [0.29, 0.717) is 31.0 Å². The standard InChI is InChI=1S/C30H33N3O2S/c1-22-7-6-10-27(23(22)2)31-17-19-32(20-18-31)29(35)25-11-13-26(14-12-25)30-33(28(34)21-36-30)16-15-24-8-4-3-5-9-24/h3-14,30H,15-21H2,1-2H3/t30-/m1/s1. The maximum Gasteiger partial charge on any atom is 0.253 e. The lowest BCUT2D eigenvalue weighted by Crippen LogP contribution is -2.49. The quantitative estimate of drug-likeness (QED) is 0.474. The van der Waals surface area contributed by atoms with Crippen molar-refractivity contribution in [1.82, 2.24) is 9.80 Å². The van der Waals surface area contributed by atoms with Crippen LogP contribution in [0.1, 0.15) is 38.0 Å². The molecule has 36 heavy (non-hydrogen) atoms. The zero-order chi connectivity index (χ0) is 25.1. The zero-order valence-electron chi connectivity index (χ0n) is 21.0. The molecule has 0 unspecified atom stereocenters.